The number of Topliss-reactive ketones (excluding diaryl/α,β-unsaturated/α-hetero) is 4. The van der Waals surface area contributed by atoms with Gasteiger partial charge in [0.1, 0.15) is 49.4 Å². The summed E-state index contributed by atoms with van der Waals surface area (Å²) in [4.78, 5) is 117. The SMILES string of the molecule is CC(C)(C)c1cc2c3c(c1)CC1=CC(=O)C=C(Cc4cc(C(C)(C)C)cc(c4OCCOc4c5cc(C(C)(C)C)cc4CC4=CC(=O)C=C(Cc6cc(C(C)(C)C)cc(c6OCCOCCO3)CC3=CC(=O)C=C(C5)C3=O)C4=O)CC3=CC(=O)C=C(C2)C3=O)C1=O. The third-order valence-corrected chi connectivity index (χ3v) is 17.9. The third-order valence-electron chi connectivity index (χ3n) is 17.9. The van der Waals surface area contributed by atoms with Crippen LogP contribution in [0.15, 0.2) is 142 Å². The molecule has 0 fully saturated rings. The summed E-state index contributed by atoms with van der Waals surface area (Å²) in [6, 6.07) is 15.8. The van der Waals surface area contributed by atoms with Crippen molar-refractivity contribution in [1.29, 1.82) is 0 Å². The first-order valence-corrected chi connectivity index (χ1v) is 31.6. The van der Waals surface area contributed by atoms with E-state index in [0.717, 1.165) is 22.3 Å². The number of carbonyl (C=O) groups is 8. The Bertz CT molecular complexity index is 3660. The molecule has 0 saturated heterocycles. The van der Waals surface area contributed by atoms with Crippen molar-refractivity contribution < 1.29 is 62.0 Å². The average molecular weight is 1230 g/mol. The number of fused-ring (bicyclic) bond motifs is 11. The van der Waals surface area contributed by atoms with E-state index in [0.29, 0.717) is 67.5 Å². The minimum Gasteiger partial charge on any atom is -0.491 e. The van der Waals surface area contributed by atoms with Crippen LogP contribution in [-0.4, -0.2) is 85.9 Å². The molecule has 0 radical (unpaired) electrons. The maximum atomic E-state index is 15.2. The van der Waals surface area contributed by atoms with Crippen LogP contribution in [0.4, 0.5) is 0 Å². The molecule has 2 heterocycles. The van der Waals surface area contributed by atoms with E-state index in [1.807, 2.05) is 48.5 Å². The third kappa shape index (κ3) is 13.8. The number of ketones is 8. The minimum absolute atomic E-state index is 0.00126. The van der Waals surface area contributed by atoms with E-state index in [9.17, 15) is 19.2 Å². The molecule has 13 nitrogen and oxygen atoms in total. The molecule has 0 unspecified atom stereocenters. The van der Waals surface area contributed by atoms with Gasteiger partial charge >= 0.3 is 0 Å². The van der Waals surface area contributed by atoms with Crippen LogP contribution in [0.5, 0.6) is 23.0 Å². The van der Waals surface area contributed by atoms with E-state index in [1.54, 1.807) is 0 Å². The van der Waals surface area contributed by atoms with E-state index in [2.05, 4.69) is 83.1 Å². The van der Waals surface area contributed by atoms with Crippen molar-refractivity contribution in [3.63, 3.8) is 0 Å². The first-order chi connectivity index (χ1) is 42.8. The first-order valence-electron chi connectivity index (χ1n) is 31.6. The van der Waals surface area contributed by atoms with Crippen LogP contribution < -0.4 is 18.9 Å². The number of ether oxygens (including phenoxy) is 5. The standard InChI is InChI=1S/C78H80O13/c1-75(2,3)59-27-51-19-43-35-63(79)39-47(67(43)83)23-55-31-61(77(7,8)9)32-56-24-48-40-64(80)36-44(68(48)84)20-52(28-59)71(51)88-15-13-87-14-16-89-72-53-21-45-37-65(81)41-49(69(45)85)25-57-33-62(78(10,11)12)34-58(74(57)91-18-17-90-73(55)56)26-50-42-66(82)38-46(70(50)86)22-54(72)30-60(29-53)76(4,5)6/h27-42H,13-26H2,1-12H3. The van der Waals surface area contributed by atoms with Gasteiger partial charge in [0.25, 0.3) is 0 Å². The lowest BCUT2D eigenvalue weighted by Gasteiger charge is -2.28. The van der Waals surface area contributed by atoms with Crippen molar-refractivity contribution in [1.82, 2.24) is 0 Å². The second-order valence-electron chi connectivity index (χ2n) is 29.2. The van der Waals surface area contributed by atoms with E-state index >= 15 is 19.2 Å². The van der Waals surface area contributed by atoms with Crippen LogP contribution in [0.25, 0.3) is 0 Å². The number of hydrogen-bond acceptors (Lipinski definition) is 13. The summed E-state index contributed by atoms with van der Waals surface area (Å²) >= 11 is 0. The summed E-state index contributed by atoms with van der Waals surface area (Å²) in [6.45, 7) is 24.5. The van der Waals surface area contributed by atoms with Crippen LogP contribution in [-0.2, 0) is 116 Å². The number of benzene rings is 4. The van der Waals surface area contributed by atoms with Gasteiger partial charge in [0.15, 0.2) is 46.3 Å². The molecule has 13 heteroatoms. The zero-order valence-corrected chi connectivity index (χ0v) is 54.4. The molecule has 0 spiro atoms. The summed E-state index contributed by atoms with van der Waals surface area (Å²) in [5.74, 6) is -1.21. The Hall–Kier alpha value is -8.68. The number of allylic oxidation sites excluding steroid dienone is 16. The fourth-order valence-corrected chi connectivity index (χ4v) is 12.9. The van der Waals surface area contributed by atoms with Crippen molar-refractivity contribution in [2.45, 2.75) is 156 Å². The molecule has 6 aliphatic carbocycles. The molecule has 0 atom stereocenters. The molecule has 8 aliphatic rings. The number of carbonyl (C=O) groups excluding carboxylic acids is 8. The van der Waals surface area contributed by atoms with Gasteiger partial charge in [-0.05, 0) is 137 Å². The van der Waals surface area contributed by atoms with Gasteiger partial charge in [-0.1, -0.05) is 132 Å². The van der Waals surface area contributed by atoms with Crippen molar-refractivity contribution in [2.75, 3.05) is 39.6 Å². The predicted octanol–water partition coefficient (Wildman–Crippen LogP) is 11.9. The highest BCUT2D eigenvalue weighted by Gasteiger charge is 2.35. The zero-order chi connectivity index (χ0) is 65.2. The molecule has 0 N–H and O–H groups in total. The van der Waals surface area contributed by atoms with E-state index < -0.39 is 21.7 Å². The second kappa shape index (κ2) is 24.5. The van der Waals surface area contributed by atoms with E-state index in [4.69, 9.17) is 23.7 Å². The summed E-state index contributed by atoms with van der Waals surface area (Å²) in [5, 5.41) is 0. The van der Waals surface area contributed by atoms with Gasteiger partial charge in [-0.2, -0.15) is 0 Å². The second-order valence-corrected chi connectivity index (χ2v) is 29.2. The highest BCUT2D eigenvalue weighted by Crippen LogP contribution is 2.43. The van der Waals surface area contributed by atoms with Gasteiger partial charge in [0.05, 0.1) is 13.2 Å². The lowest BCUT2D eigenvalue weighted by Crippen LogP contribution is -2.23. The van der Waals surface area contributed by atoms with Crippen molar-refractivity contribution in [2.24, 2.45) is 0 Å². The molecular formula is C78H80O13. The predicted molar refractivity (Wildman–Crippen MR) is 348 cm³/mol. The largest absolute Gasteiger partial charge is 0.491 e. The number of hydrogen-bond donors (Lipinski definition) is 0. The minimum atomic E-state index is -0.471. The first kappa shape index (κ1) is 63.9. The summed E-state index contributed by atoms with van der Waals surface area (Å²) < 4.78 is 33.6. The smallest absolute Gasteiger partial charge is 0.185 e. The van der Waals surface area contributed by atoms with Crippen molar-refractivity contribution in [3.05, 3.63) is 208 Å². The number of rotatable bonds is 0. The van der Waals surface area contributed by atoms with E-state index in [-0.39, 0.29) is 182 Å². The fourth-order valence-electron chi connectivity index (χ4n) is 12.9. The quantitative estimate of drug-likeness (QED) is 0.120. The molecule has 0 aromatic heterocycles. The highest BCUT2D eigenvalue weighted by atomic mass is 16.5. The van der Waals surface area contributed by atoms with Crippen LogP contribution in [0.1, 0.15) is 150 Å². The Kier molecular flexibility index (Phi) is 17.2. The Morgan fingerprint density at radius 1 is 0.242 bits per heavy atom. The monoisotopic (exact) mass is 1220 g/mol. The lowest BCUT2D eigenvalue weighted by atomic mass is 9.79. The summed E-state index contributed by atoms with van der Waals surface area (Å²) in [5.41, 5.74) is 8.37. The van der Waals surface area contributed by atoms with Crippen LogP contribution >= 0.6 is 0 Å². The molecule has 20 bridgehead atoms. The van der Waals surface area contributed by atoms with Gasteiger partial charge in [0, 0.05) is 96.0 Å². The fraction of sp³-hybridized carbons (Fsp3) is 0.385. The van der Waals surface area contributed by atoms with Crippen LogP contribution in [0, 0.1) is 0 Å². The molecule has 0 saturated carbocycles. The van der Waals surface area contributed by atoms with Gasteiger partial charge in [-0.15, -0.1) is 0 Å². The van der Waals surface area contributed by atoms with Crippen molar-refractivity contribution in [3.8, 4) is 23.0 Å². The normalized spacial score (nSPS) is 18.9. The molecule has 4 aromatic carbocycles. The van der Waals surface area contributed by atoms with E-state index in [1.165, 1.54) is 48.6 Å². The highest BCUT2D eigenvalue weighted by molar-refractivity contribution is 6.23. The van der Waals surface area contributed by atoms with Crippen LogP contribution in [0.2, 0.25) is 0 Å². The lowest BCUT2D eigenvalue weighted by molar-refractivity contribution is -0.115. The maximum Gasteiger partial charge on any atom is 0.185 e. The Labute approximate surface area is 533 Å². The van der Waals surface area contributed by atoms with Crippen molar-refractivity contribution >= 4 is 46.3 Å². The van der Waals surface area contributed by atoms with Gasteiger partial charge in [0.2, 0.25) is 0 Å². The topological polar surface area (TPSA) is 183 Å². The Morgan fingerprint density at radius 3 is 0.549 bits per heavy atom. The summed E-state index contributed by atoms with van der Waals surface area (Å²) in [6.07, 6.45) is 10.9. The summed E-state index contributed by atoms with van der Waals surface area (Å²) in [7, 11) is 0. The molecule has 12 rings (SSSR count). The molecule has 91 heavy (non-hydrogen) atoms. The molecule has 0 amide bonds. The molecule has 470 valence electrons. The molecular weight excluding hydrogens is 1140 g/mol. The molecule has 2 aliphatic heterocycles. The average Bonchev–Trinajstić information content (AvgIpc) is 0.911. The maximum absolute atomic E-state index is 15.2. The molecule has 4 aromatic rings. The van der Waals surface area contributed by atoms with Gasteiger partial charge in [-0.25, -0.2) is 0 Å². The van der Waals surface area contributed by atoms with Gasteiger partial charge in [-0.3, -0.25) is 38.4 Å². The van der Waals surface area contributed by atoms with Gasteiger partial charge < -0.3 is 23.7 Å². The van der Waals surface area contributed by atoms with Crippen LogP contribution in [0.3, 0.4) is 0 Å². The zero-order valence-electron chi connectivity index (χ0n) is 54.4. The Balaban J connectivity index is 1.11. The Morgan fingerprint density at radius 2 is 0.396 bits per heavy atom.